The molecular weight excluding hydrogens is 255 g/mol. The smallest absolute Gasteiger partial charge is 0.361 e. The van der Waals surface area contributed by atoms with Crippen LogP contribution >= 0.6 is 11.3 Å². The van der Waals surface area contributed by atoms with Gasteiger partial charge in [-0.1, -0.05) is 5.16 Å². The summed E-state index contributed by atoms with van der Waals surface area (Å²) in [6.45, 7) is 2.02. The van der Waals surface area contributed by atoms with Gasteiger partial charge < -0.3 is 9.84 Å². The second-order valence-corrected chi connectivity index (χ2v) is 4.18. The van der Waals surface area contributed by atoms with Crippen molar-refractivity contribution in [3.63, 3.8) is 0 Å². The molecule has 2 aromatic heterocycles. The van der Waals surface area contributed by atoms with Crippen molar-refractivity contribution < 1.29 is 17.7 Å². The molecule has 92 valence electrons. The molecule has 0 bridgehead atoms. The Kier molecular flexibility index (Phi) is 3.05. The molecule has 0 spiro atoms. The Morgan fingerprint density at radius 3 is 2.76 bits per heavy atom. The van der Waals surface area contributed by atoms with Crippen molar-refractivity contribution in [2.24, 2.45) is 0 Å². The maximum Gasteiger partial charge on any atom is 0.434 e. The third-order valence-electron chi connectivity index (χ3n) is 1.89. The molecule has 0 amide bonds. The lowest BCUT2D eigenvalue weighted by Gasteiger charge is -2.00. The van der Waals surface area contributed by atoms with Crippen LogP contribution in [0.2, 0.25) is 0 Å². The third-order valence-corrected chi connectivity index (χ3v) is 2.69. The topological polar surface area (TPSA) is 51.0 Å². The first-order valence-electron chi connectivity index (χ1n) is 4.64. The summed E-state index contributed by atoms with van der Waals surface area (Å²) in [7, 11) is 0. The summed E-state index contributed by atoms with van der Waals surface area (Å²) in [5, 5.41) is 7.63. The van der Waals surface area contributed by atoms with E-state index in [9.17, 15) is 13.2 Å². The van der Waals surface area contributed by atoms with Crippen molar-refractivity contribution in [1.29, 1.82) is 0 Å². The minimum Gasteiger partial charge on any atom is -0.361 e. The minimum absolute atomic E-state index is 0.206. The van der Waals surface area contributed by atoms with Crippen LogP contribution < -0.4 is 5.32 Å². The van der Waals surface area contributed by atoms with E-state index < -0.39 is 11.9 Å². The Bertz CT molecular complexity index is 506. The van der Waals surface area contributed by atoms with Crippen LogP contribution in [0, 0.1) is 6.92 Å². The molecule has 0 radical (unpaired) electrons. The van der Waals surface area contributed by atoms with E-state index in [1.807, 2.05) is 0 Å². The molecule has 0 aliphatic heterocycles. The van der Waals surface area contributed by atoms with Crippen LogP contribution in [0.1, 0.15) is 17.1 Å². The molecule has 2 rings (SSSR count). The largest absolute Gasteiger partial charge is 0.434 e. The van der Waals surface area contributed by atoms with Crippen molar-refractivity contribution in [2.75, 3.05) is 5.32 Å². The Labute approximate surface area is 98.5 Å². The van der Waals surface area contributed by atoms with Crippen LogP contribution in [0.3, 0.4) is 0 Å². The molecule has 0 saturated carbocycles. The highest BCUT2D eigenvalue weighted by atomic mass is 32.1. The number of nitrogens with one attached hydrogen (secondary N) is 1. The summed E-state index contributed by atoms with van der Waals surface area (Å²) in [5.74, 6) is 0.650. The summed E-state index contributed by atoms with van der Waals surface area (Å²) >= 11 is 0.902. The van der Waals surface area contributed by atoms with E-state index in [0.29, 0.717) is 11.5 Å². The van der Waals surface area contributed by atoms with Gasteiger partial charge in [0.15, 0.2) is 10.8 Å². The van der Waals surface area contributed by atoms with Crippen LogP contribution in [-0.2, 0) is 12.7 Å². The number of hydrogen-bond donors (Lipinski definition) is 1. The number of rotatable bonds is 3. The lowest BCUT2D eigenvalue weighted by molar-refractivity contribution is -0.140. The Morgan fingerprint density at radius 1 is 1.47 bits per heavy atom. The fraction of sp³-hybridized carbons (Fsp3) is 0.333. The summed E-state index contributed by atoms with van der Waals surface area (Å²) in [6.07, 6.45) is -4.40. The molecule has 0 unspecified atom stereocenters. The predicted octanol–water partition coefficient (Wildman–Crippen LogP) is 3.07. The SMILES string of the molecule is Cc1cc(CNc2nc(C(F)(F)F)cs2)no1. The monoisotopic (exact) mass is 263 g/mol. The van der Waals surface area contributed by atoms with Crippen molar-refractivity contribution >= 4 is 16.5 Å². The fourth-order valence-corrected chi connectivity index (χ4v) is 1.87. The molecule has 0 fully saturated rings. The maximum atomic E-state index is 12.3. The molecule has 0 atom stereocenters. The van der Waals surface area contributed by atoms with Crippen molar-refractivity contribution in [3.05, 3.63) is 28.6 Å². The van der Waals surface area contributed by atoms with E-state index in [-0.39, 0.29) is 11.7 Å². The average Bonchev–Trinajstić information content (AvgIpc) is 2.82. The van der Waals surface area contributed by atoms with E-state index in [1.54, 1.807) is 13.0 Å². The van der Waals surface area contributed by atoms with Crippen LogP contribution in [-0.4, -0.2) is 10.1 Å². The molecule has 4 nitrogen and oxygen atoms in total. The van der Waals surface area contributed by atoms with E-state index >= 15 is 0 Å². The van der Waals surface area contributed by atoms with Crippen molar-refractivity contribution in [1.82, 2.24) is 10.1 Å². The van der Waals surface area contributed by atoms with Gasteiger partial charge in [-0.05, 0) is 6.92 Å². The lowest BCUT2D eigenvalue weighted by atomic mass is 10.4. The number of anilines is 1. The first-order chi connectivity index (χ1) is 7.95. The van der Waals surface area contributed by atoms with Gasteiger partial charge in [-0.15, -0.1) is 11.3 Å². The van der Waals surface area contributed by atoms with E-state index in [2.05, 4.69) is 15.5 Å². The van der Waals surface area contributed by atoms with E-state index in [4.69, 9.17) is 4.52 Å². The van der Waals surface area contributed by atoms with E-state index in [1.165, 1.54) is 0 Å². The van der Waals surface area contributed by atoms with Gasteiger partial charge in [0.25, 0.3) is 0 Å². The van der Waals surface area contributed by atoms with Crippen molar-refractivity contribution in [2.45, 2.75) is 19.6 Å². The molecule has 2 heterocycles. The normalized spacial score (nSPS) is 11.8. The van der Waals surface area contributed by atoms with Gasteiger partial charge in [-0.2, -0.15) is 13.2 Å². The highest BCUT2D eigenvalue weighted by molar-refractivity contribution is 7.13. The molecule has 17 heavy (non-hydrogen) atoms. The molecular formula is C9H8F3N3OS. The van der Waals surface area contributed by atoms with E-state index in [0.717, 1.165) is 16.7 Å². The molecule has 0 aromatic carbocycles. The highest BCUT2D eigenvalue weighted by Crippen LogP contribution is 2.31. The molecule has 0 aliphatic carbocycles. The zero-order valence-electron chi connectivity index (χ0n) is 8.71. The standard InChI is InChI=1S/C9H8F3N3OS/c1-5-2-6(15-16-5)3-13-8-14-7(4-17-8)9(10,11)12/h2,4H,3H2,1H3,(H,13,14). The highest BCUT2D eigenvalue weighted by Gasteiger charge is 2.33. The molecule has 0 saturated heterocycles. The number of aryl methyl sites for hydroxylation is 1. The third kappa shape index (κ3) is 2.96. The molecule has 1 N–H and O–H groups in total. The Balaban J connectivity index is 1.98. The van der Waals surface area contributed by atoms with Crippen LogP contribution in [0.15, 0.2) is 16.0 Å². The summed E-state index contributed by atoms with van der Waals surface area (Å²) < 4.78 is 41.6. The second kappa shape index (κ2) is 4.36. The number of aromatic nitrogens is 2. The Morgan fingerprint density at radius 2 is 2.24 bits per heavy atom. The quantitative estimate of drug-likeness (QED) is 0.924. The van der Waals surface area contributed by atoms with Gasteiger partial charge in [0.2, 0.25) is 0 Å². The summed E-state index contributed by atoms with van der Waals surface area (Å²) in [5.41, 5.74) is -0.271. The minimum atomic E-state index is -4.40. The van der Waals surface area contributed by atoms with Gasteiger partial charge in [0.1, 0.15) is 11.5 Å². The van der Waals surface area contributed by atoms with Crippen LogP contribution in [0.5, 0.6) is 0 Å². The van der Waals surface area contributed by atoms with Crippen LogP contribution in [0.25, 0.3) is 0 Å². The number of halogens is 3. The average molecular weight is 263 g/mol. The number of thiazole rings is 1. The number of hydrogen-bond acceptors (Lipinski definition) is 5. The number of alkyl halides is 3. The van der Waals surface area contributed by atoms with Gasteiger partial charge in [-0.25, -0.2) is 4.98 Å². The van der Waals surface area contributed by atoms with Gasteiger partial charge in [0.05, 0.1) is 6.54 Å². The Hall–Kier alpha value is -1.57. The first-order valence-corrected chi connectivity index (χ1v) is 5.52. The summed E-state index contributed by atoms with van der Waals surface area (Å²) in [6, 6.07) is 1.70. The van der Waals surface area contributed by atoms with Gasteiger partial charge >= 0.3 is 6.18 Å². The maximum absolute atomic E-state index is 12.3. The molecule has 0 aliphatic rings. The molecule has 8 heteroatoms. The predicted molar refractivity (Wildman–Crippen MR) is 55.7 cm³/mol. The zero-order chi connectivity index (χ0) is 12.5. The first kappa shape index (κ1) is 11.9. The second-order valence-electron chi connectivity index (χ2n) is 3.32. The van der Waals surface area contributed by atoms with Crippen molar-refractivity contribution in [3.8, 4) is 0 Å². The fourth-order valence-electron chi connectivity index (χ4n) is 1.15. The number of nitrogens with zero attached hydrogens (tertiary/aromatic N) is 2. The lowest BCUT2D eigenvalue weighted by Crippen LogP contribution is -2.06. The van der Waals surface area contributed by atoms with Gasteiger partial charge in [-0.3, -0.25) is 0 Å². The van der Waals surface area contributed by atoms with Gasteiger partial charge in [0, 0.05) is 11.4 Å². The van der Waals surface area contributed by atoms with Crippen LogP contribution in [0.4, 0.5) is 18.3 Å². The zero-order valence-corrected chi connectivity index (χ0v) is 9.52. The summed E-state index contributed by atoms with van der Waals surface area (Å²) in [4.78, 5) is 3.43. The molecule has 2 aromatic rings.